The first kappa shape index (κ1) is 16.5. The second-order valence-corrected chi connectivity index (χ2v) is 4.84. The maximum atomic E-state index is 11.1. The fraction of sp³-hybridized carbons (Fsp3) is 0.0625. The molecule has 1 heterocycles. The Labute approximate surface area is 139 Å². The number of halogens is 1. The molecule has 3 rings (SSSR count). The lowest BCUT2D eigenvalue weighted by Gasteiger charge is -2.09. The quantitative estimate of drug-likeness (QED) is 0.685. The number of fused-ring (bicyclic) bond motifs is 1. The SMILES string of the molecule is CC(=O)Nc1cccc(Nc2nc(N)c3ccccc3n2)c1.Cl. The Kier molecular flexibility index (Phi) is 4.98. The number of hydrogen-bond donors (Lipinski definition) is 3. The number of hydrogen-bond acceptors (Lipinski definition) is 5. The Balaban J connectivity index is 0.00000192. The molecular formula is C16H16ClN5O. The summed E-state index contributed by atoms with van der Waals surface area (Å²) in [7, 11) is 0. The molecule has 0 aliphatic carbocycles. The van der Waals surface area contributed by atoms with Crippen molar-refractivity contribution in [2.45, 2.75) is 6.92 Å². The fourth-order valence-electron chi connectivity index (χ4n) is 2.16. The van der Waals surface area contributed by atoms with Crippen molar-refractivity contribution in [3.05, 3.63) is 48.5 Å². The molecule has 0 spiro atoms. The predicted octanol–water partition coefficient (Wildman–Crippen LogP) is 3.34. The van der Waals surface area contributed by atoms with E-state index < -0.39 is 0 Å². The number of nitrogens with zero attached hydrogens (tertiary/aromatic N) is 2. The van der Waals surface area contributed by atoms with Crippen molar-refractivity contribution in [3.63, 3.8) is 0 Å². The van der Waals surface area contributed by atoms with Crippen LogP contribution in [0.2, 0.25) is 0 Å². The highest BCUT2D eigenvalue weighted by molar-refractivity contribution is 5.90. The van der Waals surface area contributed by atoms with Crippen LogP contribution in [0.4, 0.5) is 23.1 Å². The summed E-state index contributed by atoms with van der Waals surface area (Å²) in [4.78, 5) is 19.8. The molecule has 0 bridgehead atoms. The van der Waals surface area contributed by atoms with Gasteiger partial charge in [-0.3, -0.25) is 4.79 Å². The van der Waals surface area contributed by atoms with E-state index in [-0.39, 0.29) is 18.3 Å². The van der Waals surface area contributed by atoms with Gasteiger partial charge in [0.05, 0.1) is 5.52 Å². The number of aromatic nitrogens is 2. The van der Waals surface area contributed by atoms with E-state index in [1.807, 2.05) is 42.5 Å². The van der Waals surface area contributed by atoms with Gasteiger partial charge in [-0.2, -0.15) is 4.98 Å². The van der Waals surface area contributed by atoms with E-state index in [2.05, 4.69) is 20.6 Å². The minimum atomic E-state index is -0.122. The zero-order chi connectivity index (χ0) is 15.5. The highest BCUT2D eigenvalue weighted by Crippen LogP contribution is 2.22. The molecule has 118 valence electrons. The summed E-state index contributed by atoms with van der Waals surface area (Å²) in [5.41, 5.74) is 8.20. The molecule has 0 aliphatic rings. The van der Waals surface area contributed by atoms with E-state index >= 15 is 0 Å². The van der Waals surface area contributed by atoms with Crippen LogP contribution < -0.4 is 16.4 Å². The van der Waals surface area contributed by atoms with Crippen LogP contribution in [-0.2, 0) is 4.79 Å². The van der Waals surface area contributed by atoms with Crippen LogP contribution in [0.1, 0.15) is 6.92 Å². The largest absolute Gasteiger partial charge is 0.383 e. The lowest BCUT2D eigenvalue weighted by atomic mass is 10.2. The second-order valence-electron chi connectivity index (χ2n) is 4.84. The first-order valence-corrected chi connectivity index (χ1v) is 6.79. The van der Waals surface area contributed by atoms with Crippen LogP contribution in [0.25, 0.3) is 10.9 Å². The average molecular weight is 330 g/mol. The van der Waals surface area contributed by atoms with E-state index in [1.165, 1.54) is 6.92 Å². The Morgan fingerprint density at radius 2 is 1.78 bits per heavy atom. The molecule has 6 nitrogen and oxygen atoms in total. The van der Waals surface area contributed by atoms with Gasteiger partial charge in [0.15, 0.2) is 0 Å². The molecule has 0 saturated carbocycles. The number of anilines is 4. The number of amides is 1. The number of rotatable bonds is 3. The first-order chi connectivity index (χ1) is 10.6. The van der Waals surface area contributed by atoms with Crippen molar-refractivity contribution in [2.24, 2.45) is 0 Å². The van der Waals surface area contributed by atoms with Crippen molar-refractivity contribution in [1.29, 1.82) is 0 Å². The average Bonchev–Trinajstić information content (AvgIpc) is 2.47. The van der Waals surface area contributed by atoms with E-state index in [0.717, 1.165) is 16.6 Å². The van der Waals surface area contributed by atoms with Crippen molar-refractivity contribution in [2.75, 3.05) is 16.4 Å². The molecule has 2 aromatic carbocycles. The number of nitrogens with two attached hydrogens (primary N) is 1. The normalized spacial score (nSPS) is 9.96. The van der Waals surface area contributed by atoms with Crippen molar-refractivity contribution in [1.82, 2.24) is 9.97 Å². The van der Waals surface area contributed by atoms with Gasteiger partial charge in [0.1, 0.15) is 5.82 Å². The highest BCUT2D eigenvalue weighted by atomic mass is 35.5. The second kappa shape index (κ2) is 6.93. The van der Waals surface area contributed by atoms with Crippen LogP contribution in [-0.4, -0.2) is 15.9 Å². The molecule has 3 aromatic rings. The van der Waals surface area contributed by atoms with Crippen molar-refractivity contribution >= 4 is 52.4 Å². The summed E-state index contributed by atoms with van der Waals surface area (Å²) in [5.74, 6) is 0.714. The summed E-state index contributed by atoms with van der Waals surface area (Å²) < 4.78 is 0. The summed E-state index contributed by atoms with van der Waals surface area (Å²) in [6, 6.07) is 14.9. The third kappa shape index (κ3) is 3.87. The summed E-state index contributed by atoms with van der Waals surface area (Å²) in [6.07, 6.45) is 0. The van der Waals surface area contributed by atoms with Gasteiger partial charge in [-0.05, 0) is 30.3 Å². The van der Waals surface area contributed by atoms with Gasteiger partial charge in [-0.15, -0.1) is 12.4 Å². The smallest absolute Gasteiger partial charge is 0.229 e. The Morgan fingerprint density at radius 1 is 1.04 bits per heavy atom. The molecule has 23 heavy (non-hydrogen) atoms. The number of carbonyl (C=O) groups is 1. The summed E-state index contributed by atoms with van der Waals surface area (Å²) in [5, 5.41) is 6.64. The number of carbonyl (C=O) groups excluding carboxylic acids is 1. The maximum absolute atomic E-state index is 11.1. The molecule has 0 unspecified atom stereocenters. The number of nitrogens with one attached hydrogen (secondary N) is 2. The molecule has 7 heteroatoms. The van der Waals surface area contributed by atoms with Gasteiger partial charge in [-0.25, -0.2) is 4.98 Å². The van der Waals surface area contributed by atoms with Gasteiger partial charge in [-0.1, -0.05) is 18.2 Å². The van der Waals surface area contributed by atoms with Crippen LogP contribution in [0, 0.1) is 0 Å². The van der Waals surface area contributed by atoms with E-state index in [4.69, 9.17) is 5.73 Å². The lowest BCUT2D eigenvalue weighted by molar-refractivity contribution is -0.114. The van der Waals surface area contributed by atoms with Crippen LogP contribution >= 0.6 is 12.4 Å². The van der Waals surface area contributed by atoms with Crippen molar-refractivity contribution in [3.8, 4) is 0 Å². The number of nitrogen functional groups attached to an aromatic ring is 1. The van der Waals surface area contributed by atoms with Gasteiger partial charge in [0.25, 0.3) is 0 Å². The van der Waals surface area contributed by atoms with Crippen LogP contribution in [0.5, 0.6) is 0 Å². The first-order valence-electron chi connectivity index (χ1n) is 6.79. The minimum absolute atomic E-state index is 0. The van der Waals surface area contributed by atoms with Gasteiger partial charge < -0.3 is 16.4 Å². The molecule has 0 aliphatic heterocycles. The topological polar surface area (TPSA) is 92.9 Å². The number of para-hydroxylation sites is 1. The number of benzene rings is 2. The van der Waals surface area contributed by atoms with E-state index in [0.29, 0.717) is 17.5 Å². The maximum Gasteiger partial charge on any atom is 0.229 e. The van der Waals surface area contributed by atoms with Gasteiger partial charge in [0, 0.05) is 23.7 Å². The zero-order valence-electron chi connectivity index (χ0n) is 12.4. The third-order valence-electron chi connectivity index (χ3n) is 3.07. The predicted molar refractivity (Wildman–Crippen MR) is 95.2 cm³/mol. The van der Waals surface area contributed by atoms with Gasteiger partial charge in [0.2, 0.25) is 11.9 Å². The third-order valence-corrected chi connectivity index (χ3v) is 3.07. The van der Waals surface area contributed by atoms with Crippen molar-refractivity contribution < 1.29 is 4.79 Å². The monoisotopic (exact) mass is 329 g/mol. The lowest BCUT2D eigenvalue weighted by Crippen LogP contribution is -2.06. The zero-order valence-corrected chi connectivity index (χ0v) is 13.2. The standard InChI is InChI=1S/C16H15N5O.ClH/c1-10(22)18-11-5-4-6-12(9-11)19-16-20-14-8-3-2-7-13(14)15(17)21-16;/h2-9H,1H3,(H,18,22)(H3,17,19,20,21);1H. The summed E-state index contributed by atoms with van der Waals surface area (Å²) >= 11 is 0. The Hall–Kier alpha value is -2.86. The van der Waals surface area contributed by atoms with E-state index in [9.17, 15) is 4.79 Å². The Bertz CT molecular complexity index is 853. The van der Waals surface area contributed by atoms with Gasteiger partial charge >= 0.3 is 0 Å². The molecule has 0 saturated heterocycles. The molecule has 0 radical (unpaired) electrons. The fourth-order valence-corrected chi connectivity index (χ4v) is 2.16. The molecule has 0 fully saturated rings. The van der Waals surface area contributed by atoms with Crippen LogP contribution in [0.15, 0.2) is 48.5 Å². The molecule has 0 atom stereocenters. The molecule has 1 amide bonds. The van der Waals surface area contributed by atoms with E-state index in [1.54, 1.807) is 6.07 Å². The van der Waals surface area contributed by atoms with Crippen LogP contribution in [0.3, 0.4) is 0 Å². The summed E-state index contributed by atoms with van der Waals surface area (Å²) in [6.45, 7) is 1.47. The molecule has 1 aromatic heterocycles. The highest BCUT2D eigenvalue weighted by Gasteiger charge is 2.05. The Morgan fingerprint density at radius 3 is 2.57 bits per heavy atom. The molecule has 4 N–H and O–H groups in total. The molecular weight excluding hydrogens is 314 g/mol. The minimum Gasteiger partial charge on any atom is -0.383 e.